The summed E-state index contributed by atoms with van der Waals surface area (Å²) in [5, 5.41) is 0. The summed E-state index contributed by atoms with van der Waals surface area (Å²) in [6.07, 6.45) is 0.794. The minimum atomic E-state index is 0.438. The molecular weight excluding hydrogens is 320 g/mol. The third kappa shape index (κ3) is 4.18. The minimum Gasteiger partial charge on any atom is -0.490 e. The standard InChI is InChI=1S/C16H15BrO3/c17-16-14(11-18)7-4-8-15(16)20-10-9-19-12-13-5-2-1-3-6-13/h1-8,11H,9-10,12H2. The second-order valence-electron chi connectivity index (χ2n) is 4.16. The normalized spacial score (nSPS) is 10.2. The van der Waals surface area contributed by atoms with E-state index in [1.165, 1.54) is 0 Å². The van der Waals surface area contributed by atoms with Crippen LogP contribution in [-0.2, 0) is 11.3 Å². The molecular formula is C16H15BrO3. The number of aldehydes is 1. The summed E-state index contributed by atoms with van der Waals surface area (Å²) in [7, 11) is 0. The molecule has 4 heteroatoms. The lowest BCUT2D eigenvalue weighted by Gasteiger charge is -2.09. The molecule has 0 aliphatic carbocycles. The van der Waals surface area contributed by atoms with E-state index in [-0.39, 0.29) is 0 Å². The molecule has 0 atom stereocenters. The van der Waals surface area contributed by atoms with Gasteiger partial charge in [-0.1, -0.05) is 42.5 Å². The molecule has 0 aliphatic rings. The topological polar surface area (TPSA) is 35.5 Å². The zero-order valence-corrected chi connectivity index (χ0v) is 12.5. The predicted molar refractivity (Wildman–Crippen MR) is 81.1 cm³/mol. The first-order valence-corrected chi connectivity index (χ1v) is 7.08. The van der Waals surface area contributed by atoms with Gasteiger partial charge in [-0.25, -0.2) is 0 Å². The minimum absolute atomic E-state index is 0.438. The second kappa shape index (κ2) is 7.82. The van der Waals surface area contributed by atoms with Gasteiger partial charge in [0.25, 0.3) is 0 Å². The van der Waals surface area contributed by atoms with Crippen LogP contribution in [0.15, 0.2) is 53.0 Å². The summed E-state index contributed by atoms with van der Waals surface area (Å²) in [6, 6.07) is 15.3. The highest BCUT2D eigenvalue weighted by Gasteiger charge is 2.05. The molecule has 104 valence electrons. The maximum atomic E-state index is 10.8. The number of rotatable bonds is 7. The van der Waals surface area contributed by atoms with Gasteiger partial charge in [-0.15, -0.1) is 0 Å². The summed E-state index contributed by atoms with van der Waals surface area (Å²) in [5.74, 6) is 0.651. The van der Waals surface area contributed by atoms with Crippen LogP contribution in [0.1, 0.15) is 15.9 Å². The highest BCUT2D eigenvalue weighted by molar-refractivity contribution is 9.10. The van der Waals surface area contributed by atoms with Gasteiger partial charge >= 0.3 is 0 Å². The van der Waals surface area contributed by atoms with Crippen molar-refractivity contribution in [3.8, 4) is 5.75 Å². The Bertz CT molecular complexity index is 555. The quantitative estimate of drug-likeness (QED) is 0.569. The van der Waals surface area contributed by atoms with Gasteiger partial charge < -0.3 is 9.47 Å². The first kappa shape index (κ1) is 14.8. The van der Waals surface area contributed by atoms with Crippen LogP contribution in [0.4, 0.5) is 0 Å². The average Bonchev–Trinajstić information content (AvgIpc) is 2.49. The number of carbonyl (C=O) groups is 1. The molecule has 3 nitrogen and oxygen atoms in total. The first-order chi connectivity index (χ1) is 9.81. The Balaban J connectivity index is 1.75. The van der Waals surface area contributed by atoms with Crippen molar-refractivity contribution >= 4 is 22.2 Å². The number of ether oxygens (including phenoxy) is 2. The van der Waals surface area contributed by atoms with Gasteiger partial charge in [0, 0.05) is 5.56 Å². The Morgan fingerprint density at radius 3 is 2.55 bits per heavy atom. The number of hydrogen-bond acceptors (Lipinski definition) is 3. The molecule has 0 bridgehead atoms. The molecule has 0 spiro atoms. The molecule has 0 saturated carbocycles. The third-order valence-corrected chi connectivity index (χ3v) is 3.57. The molecule has 0 amide bonds. The van der Waals surface area contributed by atoms with E-state index in [0.717, 1.165) is 11.8 Å². The molecule has 0 fully saturated rings. The Morgan fingerprint density at radius 2 is 1.80 bits per heavy atom. The van der Waals surface area contributed by atoms with Crippen LogP contribution < -0.4 is 4.74 Å². The van der Waals surface area contributed by atoms with E-state index in [1.54, 1.807) is 12.1 Å². The third-order valence-electron chi connectivity index (χ3n) is 2.72. The molecule has 2 rings (SSSR count). The van der Waals surface area contributed by atoms with Crippen molar-refractivity contribution in [3.63, 3.8) is 0 Å². The molecule has 0 unspecified atom stereocenters. The van der Waals surface area contributed by atoms with Crippen molar-refractivity contribution in [1.82, 2.24) is 0 Å². The molecule has 0 heterocycles. The average molecular weight is 335 g/mol. The van der Waals surface area contributed by atoms with E-state index in [0.29, 0.717) is 35.6 Å². The van der Waals surface area contributed by atoms with Crippen LogP contribution in [0.2, 0.25) is 0 Å². The van der Waals surface area contributed by atoms with Crippen molar-refractivity contribution in [2.45, 2.75) is 6.61 Å². The molecule has 0 N–H and O–H groups in total. The summed E-state index contributed by atoms with van der Waals surface area (Å²) in [6.45, 7) is 1.50. The van der Waals surface area contributed by atoms with Crippen molar-refractivity contribution in [2.75, 3.05) is 13.2 Å². The Labute approximate surface area is 126 Å². The Hall–Kier alpha value is -1.65. The van der Waals surface area contributed by atoms with Gasteiger partial charge in [-0.2, -0.15) is 0 Å². The van der Waals surface area contributed by atoms with Gasteiger partial charge in [0.2, 0.25) is 0 Å². The zero-order valence-electron chi connectivity index (χ0n) is 10.9. The summed E-state index contributed by atoms with van der Waals surface area (Å²) in [5.41, 5.74) is 1.71. The summed E-state index contributed by atoms with van der Waals surface area (Å²) in [4.78, 5) is 10.8. The van der Waals surface area contributed by atoms with Crippen LogP contribution in [0, 0.1) is 0 Å². The van der Waals surface area contributed by atoms with Crippen molar-refractivity contribution in [3.05, 3.63) is 64.1 Å². The summed E-state index contributed by atoms with van der Waals surface area (Å²) >= 11 is 3.35. The molecule has 0 radical (unpaired) electrons. The number of carbonyl (C=O) groups excluding carboxylic acids is 1. The van der Waals surface area contributed by atoms with Gasteiger partial charge in [0.15, 0.2) is 6.29 Å². The lowest BCUT2D eigenvalue weighted by molar-refractivity contribution is 0.0886. The fourth-order valence-corrected chi connectivity index (χ4v) is 2.18. The van der Waals surface area contributed by atoms with E-state index in [1.807, 2.05) is 36.4 Å². The van der Waals surface area contributed by atoms with Crippen LogP contribution in [-0.4, -0.2) is 19.5 Å². The van der Waals surface area contributed by atoms with E-state index in [2.05, 4.69) is 15.9 Å². The number of benzene rings is 2. The highest BCUT2D eigenvalue weighted by atomic mass is 79.9. The smallest absolute Gasteiger partial charge is 0.151 e. The van der Waals surface area contributed by atoms with Crippen molar-refractivity contribution in [1.29, 1.82) is 0 Å². The Kier molecular flexibility index (Phi) is 5.77. The highest BCUT2D eigenvalue weighted by Crippen LogP contribution is 2.27. The van der Waals surface area contributed by atoms with Gasteiger partial charge in [-0.05, 0) is 27.6 Å². The molecule has 0 saturated heterocycles. The van der Waals surface area contributed by atoms with Crippen LogP contribution in [0.3, 0.4) is 0 Å². The monoisotopic (exact) mass is 334 g/mol. The molecule has 0 aliphatic heterocycles. The summed E-state index contributed by atoms with van der Waals surface area (Å²) < 4.78 is 11.8. The number of halogens is 1. The second-order valence-corrected chi connectivity index (χ2v) is 4.96. The maximum Gasteiger partial charge on any atom is 0.151 e. The predicted octanol–water partition coefficient (Wildman–Crippen LogP) is 3.86. The van der Waals surface area contributed by atoms with E-state index in [9.17, 15) is 4.79 Å². The van der Waals surface area contributed by atoms with Crippen LogP contribution >= 0.6 is 15.9 Å². The van der Waals surface area contributed by atoms with Gasteiger partial charge in [0.1, 0.15) is 12.4 Å². The fraction of sp³-hybridized carbons (Fsp3) is 0.188. The van der Waals surface area contributed by atoms with Gasteiger partial charge in [-0.3, -0.25) is 4.79 Å². The van der Waals surface area contributed by atoms with Crippen molar-refractivity contribution < 1.29 is 14.3 Å². The van der Waals surface area contributed by atoms with Crippen LogP contribution in [0.25, 0.3) is 0 Å². The first-order valence-electron chi connectivity index (χ1n) is 6.29. The maximum absolute atomic E-state index is 10.8. The lowest BCUT2D eigenvalue weighted by Crippen LogP contribution is -2.07. The molecule has 20 heavy (non-hydrogen) atoms. The number of hydrogen-bond donors (Lipinski definition) is 0. The Morgan fingerprint density at radius 1 is 1.00 bits per heavy atom. The zero-order chi connectivity index (χ0) is 14.2. The van der Waals surface area contributed by atoms with Gasteiger partial charge in [0.05, 0.1) is 17.7 Å². The largest absolute Gasteiger partial charge is 0.490 e. The molecule has 0 aromatic heterocycles. The SMILES string of the molecule is O=Cc1cccc(OCCOCc2ccccc2)c1Br. The molecule has 2 aromatic rings. The van der Waals surface area contributed by atoms with Crippen LogP contribution in [0.5, 0.6) is 5.75 Å². The fourth-order valence-electron chi connectivity index (χ4n) is 1.71. The lowest BCUT2D eigenvalue weighted by atomic mass is 10.2. The molecule has 2 aromatic carbocycles. The van der Waals surface area contributed by atoms with Crippen molar-refractivity contribution in [2.24, 2.45) is 0 Å². The van der Waals surface area contributed by atoms with E-state index < -0.39 is 0 Å². The van der Waals surface area contributed by atoms with E-state index >= 15 is 0 Å². The van der Waals surface area contributed by atoms with E-state index in [4.69, 9.17) is 9.47 Å².